The quantitative estimate of drug-likeness (QED) is 0.666. The SMILES string of the molecule is CCc1ccc(C2CCc3cc(OC(F)(F)F)ccc3C2)c(F)c1. The zero-order valence-corrected chi connectivity index (χ0v) is 13.3. The van der Waals surface area contributed by atoms with Gasteiger partial charge in [-0.1, -0.05) is 25.1 Å². The van der Waals surface area contributed by atoms with Crippen LogP contribution in [0.25, 0.3) is 0 Å². The predicted octanol–water partition coefficient (Wildman–Crippen LogP) is 5.56. The fourth-order valence-electron chi connectivity index (χ4n) is 3.32. The zero-order valence-electron chi connectivity index (χ0n) is 13.3. The van der Waals surface area contributed by atoms with Crippen LogP contribution in [0.5, 0.6) is 5.75 Å². The summed E-state index contributed by atoms with van der Waals surface area (Å²) in [6.45, 7) is 1.98. The van der Waals surface area contributed by atoms with Gasteiger partial charge in [-0.25, -0.2) is 4.39 Å². The largest absolute Gasteiger partial charge is 0.573 e. The standard InChI is InChI=1S/C19H18F4O/c1-2-12-3-8-17(18(20)9-12)15-5-4-14-11-16(24-19(21,22)23)7-6-13(14)10-15/h3,6-9,11,15H,2,4-5,10H2,1H3. The monoisotopic (exact) mass is 338 g/mol. The molecule has 0 N–H and O–H groups in total. The van der Waals surface area contributed by atoms with Gasteiger partial charge in [-0.3, -0.25) is 0 Å². The van der Waals surface area contributed by atoms with E-state index in [9.17, 15) is 17.6 Å². The molecule has 0 bridgehead atoms. The van der Waals surface area contributed by atoms with E-state index in [-0.39, 0.29) is 17.5 Å². The van der Waals surface area contributed by atoms with E-state index in [1.807, 2.05) is 19.1 Å². The third-order valence-corrected chi connectivity index (χ3v) is 4.55. The molecule has 2 aromatic carbocycles. The summed E-state index contributed by atoms with van der Waals surface area (Å²) in [4.78, 5) is 0. The molecule has 2 aromatic rings. The van der Waals surface area contributed by atoms with Crippen molar-refractivity contribution >= 4 is 0 Å². The smallest absolute Gasteiger partial charge is 0.406 e. The van der Waals surface area contributed by atoms with Gasteiger partial charge in [0, 0.05) is 0 Å². The van der Waals surface area contributed by atoms with Crippen LogP contribution in [0.1, 0.15) is 41.5 Å². The van der Waals surface area contributed by atoms with Crippen molar-refractivity contribution in [3.8, 4) is 5.75 Å². The summed E-state index contributed by atoms with van der Waals surface area (Å²) in [6.07, 6.45) is -1.94. The number of halogens is 4. The van der Waals surface area contributed by atoms with Gasteiger partial charge in [-0.15, -0.1) is 13.2 Å². The van der Waals surface area contributed by atoms with Crippen LogP contribution in [0.4, 0.5) is 17.6 Å². The third kappa shape index (κ3) is 3.71. The molecular formula is C19H18F4O. The molecule has 0 fully saturated rings. The minimum Gasteiger partial charge on any atom is -0.406 e. The normalized spacial score (nSPS) is 17.5. The first kappa shape index (κ1) is 16.8. The van der Waals surface area contributed by atoms with E-state index >= 15 is 0 Å². The molecule has 0 aliphatic heterocycles. The van der Waals surface area contributed by atoms with E-state index in [0.717, 1.165) is 23.1 Å². The highest BCUT2D eigenvalue weighted by molar-refractivity contribution is 5.40. The summed E-state index contributed by atoms with van der Waals surface area (Å²) in [7, 11) is 0. The molecule has 0 spiro atoms. The van der Waals surface area contributed by atoms with Gasteiger partial charge < -0.3 is 4.74 Å². The molecule has 0 aromatic heterocycles. The van der Waals surface area contributed by atoms with Crippen LogP contribution in [-0.4, -0.2) is 6.36 Å². The molecule has 24 heavy (non-hydrogen) atoms. The maximum absolute atomic E-state index is 14.3. The number of aryl methyl sites for hydroxylation is 2. The summed E-state index contributed by atoms with van der Waals surface area (Å²) in [5.41, 5.74) is 3.45. The van der Waals surface area contributed by atoms with Crippen molar-refractivity contribution in [2.75, 3.05) is 0 Å². The van der Waals surface area contributed by atoms with Crippen LogP contribution in [0, 0.1) is 5.82 Å². The van der Waals surface area contributed by atoms with E-state index in [4.69, 9.17) is 0 Å². The third-order valence-electron chi connectivity index (χ3n) is 4.55. The highest BCUT2D eigenvalue weighted by Crippen LogP contribution is 2.36. The van der Waals surface area contributed by atoms with Gasteiger partial charge in [0.05, 0.1) is 0 Å². The summed E-state index contributed by atoms with van der Waals surface area (Å²) in [5.74, 6) is -0.337. The van der Waals surface area contributed by atoms with Crippen molar-refractivity contribution in [3.05, 3.63) is 64.5 Å². The number of benzene rings is 2. The van der Waals surface area contributed by atoms with Crippen LogP contribution >= 0.6 is 0 Å². The average molecular weight is 338 g/mol. The highest BCUT2D eigenvalue weighted by Gasteiger charge is 2.31. The summed E-state index contributed by atoms with van der Waals surface area (Å²) in [5, 5.41) is 0. The Labute approximate surface area is 138 Å². The van der Waals surface area contributed by atoms with E-state index < -0.39 is 6.36 Å². The van der Waals surface area contributed by atoms with Gasteiger partial charge in [0.15, 0.2) is 0 Å². The van der Waals surface area contributed by atoms with Crippen molar-refractivity contribution in [3.63, 3.8) is 0 Å². The Bertz CT molecular complexity index is 737. The number of alkyl halides is 3. The van der Waals surface area contributed by atoms with Crippen LogP contribution in [0.15, 0.2) is 36.4 Å². The molecule has 128 valence electrons. The topological polar surface area (TPSA) is 9.23 Å². The first-order valence-corrected chi connectivity index (χ1v) is 8.01. The molecule has 0 saturated heterocycles. The molecule has 0 heterocycles. The summed E-state index contributed by atoms with van der Waals surface area (Å²) < 4.78 is 55.2. The lowest BCUT2D eigenvalue weighted by Gasteiger charge is -2.26. The Balaban J connectivity index is 1.80. The number of rotatable bonds is 3. The predicted molar refractivity (Wildman–Crippen MR) is 83.7 cm³/mol. The lowest BCUT2D eigenvalue weighted by molar-refractivity contribution is -0.274. The lowest BCUT2D eigenvalue weighted by atomic mass is 9.80. The molecule has 3 rings (SSSR count). The molecule has 0 radical (unpaired) electrons. The second-order valence-electron chi connectivity index (χ2n) is 6.13. The second-order valence-corrected chi connectivity index (χ2v) is 6.13. The Kier molecular flexibility index (Phi) is 4.52. The fraction of sp³-hybridized carbons (Fsp3) is 0.368. The van der Waals surface area contributed by atoms with E-state index in [1.165, 1.54) is 12.1 Å². The van der Waals surface area contributed by atoms with Crippen LogP contribution < -0.4 is 4.74 Å². The average Bonchev–Trinajstić information content (AvgIpc) is 2.52. The van der Waals surface area contributed by atoms with E-state index in [2.05, 4.69) is 4.74 Å². The summed E-state index contributed by atoms with van der Waals surface area (Å²) >= 11 is 0. The van der Waals surface area contributed by atoms with Gasteiger partial charge in [0.1, 0.15) is 11.6 Å². The molecule has 0 saturated carbocycles. The van der Waals surface area contributed by atoms with Crippen molar-refractivity contribution < 1.29 is 22.3 Å². The molecule has 1 atom stereocenters. The maximum atomic E-state index is 14.3. The Morgan fingerprint density at radius 2 is 1.88 bits per heavy atom. The molecule has 1 aliphatic carbocycles. The minimum absolute atomic E-state index is 0.0535. The van der Waals surface area contributed by atoms with Crippen molar-refractivity contribution in [1.29, 1.82) is 0 Å². The number of ether oxygens (including phenoxy) is 1. The lowest BCUT2D eigenvalue weighted by Crippen LogP contribution is -2.18. The van der Waals surface area contributed by atoms with Gasteiger partial charge in [0.25, 0.3) is 0 Å². The van der Waals surface area contributed by atoms with E-state index in [1.54, 1.807) is 12.1 Å². The molecule has 5 heteroatoms. The van der Waals surface area contributed by atoms with Gasteiger partial charge in [0.2, 0.25) is 0 Å². The first-order valence-electron chi connectivity index (χ1n) is 8.01. The molecule has 0 amide bonds. The Hall–Kier alpha value is -2.04. The Morgan fingerprint density at radius 3 is 2.54 bits per heavy atom. The van der Waals surface area contributed by atoms with Crippen LogP contribution in [0.2, 0.25) is 0 Å². The molecule has 1 aliphatic rings. The zero-order chi connectivity index (χ0) is 17.3. The van der Waals surface area contributed by atoms with Gasteiger partial charge >= 0.3 is 6.36 Å². The maximum Gasteiger partial charge on any atom is 0.573 e. The van der Waals surface area contributed by atoms with Crippen molar-refractivity contribution in [1.82, 2.24) is 0 Å². The highest BCUT2D eigenvalue weighted by atomic mass is 19.4. The number of hydrogen-bond acceptors (Lipinski definition) is 1. The van der Waals surface area contributed by atoms with Crippen molar-refractivity contribution in [2.24, 2.45) is 0 Å². The molecule has 1 nitrogen and oxygen atoms in total. The molecular weight excluding hydrogens is 320 g/mol. The minimum atomic E-state index is -4.68. The fourth-order valence-corrected chi connectivity index (χ4v) is 3.32. The Morgan fingerprint density at radius 1 is 1.08 bits per heavy atom. The summed E-state index contributed by atoms with van der Waals surface area (Å²) in [6, 6.07) is 9.77. The van der Waals surface area contributed by atoms with Gasteiger partial charge in [-0.2, -0.15) is 0 Å². The number of fused-ring (bicyclic) bond motifs is 1. The van der Waals surface area contributed by atoms with Crippen LogP contribution in [-0.2, 0) is 19.3 Å². The number of hydrogen-bond donors (Lipinski definition) is 0. The van der Waals surface area contributed by atoms with Gasteiger partial charge in [-0.05, 0) is 72.1 Å². The van der Waals surface area contributed by atoms with Crippen molar-refractivity contribution in [2.45, 2.75) is 44.9 Å². The second kappa shape index (κ2) is 6.46. The van der Waals surface area contributed by atoms with E-state index in [0.29, 0.717) is 24.8 Å². The molecule has 1 unspecified atom stereocenters. The van der Waals surface area contributed by atoms with Crippen LogP contribution in [0.3, 0.4) is 0 Å². The first-order chi connectivity index (χ1) is 11.4.